The van der Waals surface area contributed by atoms with E-state index in [4.69, 9.17) is 4.42 Å². The fourth-order valence-corrected chi connectivity index (χ4v) is 3.67. The van der Waals surface area contributed by atoms with Crippen molar-refractivity contribution in [1.82, 2.24) is 10.3 Å². The molecule has 0 saturated heterocycles. The molecule has 0 aliphatic carbocycles. The van der Waals surface area contributed by atoms with Gasteiger partial charge in [-0.15, -0.1) is 11.3 Å². The second-order valence-electron chi connectivity index (χ2n) is 7.92. The molecule has 0 spiro atoms. The van der Waals surface area contributed by atoms with Gasteiger partial charge in [-0.3, -0.25) is 14.9 Å². The summed E-state index contributed by atoms with van der Waals surface area (Å²) >= 11 is 1.28. The number of anilines is 1. The summed E-state index contributed by atoms with van der Waals surface area (Å²) < 4.78 is 5.03. The van der Waals surface area contributed by atoms with Crippen LogP contribution in [-0.4, -0.2) is 22.3 Å². The lowest BCUT2D eigenvalue weighted by atomic mass is 9.82. The lowest BCUT2D eigenvalue weighted by Gasteiger charge is -2.33. The first-order chi connectivity index (χ1) is 11.5. The van der Waals surface area contributed by atoms with Crippen LogP contribution in [-0.2, 0) is 11.2 Å². The smallest absolute Gasteiger partial charge is 0.293 e. The molecule has 0 fully saturated rings. The van der Waals surface area contributed by atoms with Crippen LogP contribution < -0.4 is 10.6 Å². The third kappa shape index (κ3) is 6.34. The summed E-state index contributed by atoms with van der Waals surface area (Å²) in [5.41, 5.74) is 0.464. The van der Waals surface area contributed by atoms with Crippen LogP contribution in [0.1, 0.15) is 57.3 Å². The minimum Gasteiger partial charge on any atom is -0.459 e. The van der Waals surface area contributed by atoms with Gasteiger partial charge in [-0.05, 0) is 37.8 Å². The van der Waals surface area contributed by atoms with Gasteiger partial charge in [-0.1, -0.05) is 20.8 Å². The van der Waals surface area contributed by atoms with Gasteiger partial charge >= 0.3 is 0 Å². The number of aromatic nitrogens is 1. The number of nitrogens with zero attached hydrogens (tertiary/aromatic N) is 1. The van der Waals surface area contributed by atoms with E-state index in [1.165, 1.54) is 17.6 Å². The van der Waals surface area contributed by atoms with Gasteiger partial charge in [0.05, 0.1) is 18.4 Å². The molecule has 0 aliphatic heterocycles. The second kappa shape index (κ2) is 7.39. The van der Waals surface area contributed by atoms with Gasteiger partial charge in [-0.2, -0.15) is 0 Å². The molecule has 0 radical (unpaired) electrons. The summed E-state index contributed by atoms with van der Waals surface area (Å²) in [6.45, 7) is 10.5. The Morgan fingerprint density at radius 1 is 1.24 bits per heavy atom. The van der Waals surface area contributed by atoms with E-state index < -0.39 is 0 Å². The number of nitrogens with one attached hydrogen (secondary N) is 2. The molecule has 2 N–H and O–H groups in total. The van der Waals surface area contributed by atoms with E-state index in [2.05, 4.69) is 36.4 Å². The van der Waals surface area contributed by atoms with Crippen molar-refractivity contribution < 1.29 is 14.0 Å². The lowest BCUT2D eigenvalue weighted by molar-refractivity contribution is -0.122. The predicted octanol–water partition coefficient (Wildman–Crippen LogP) is 3.86. The number of amides is 2. The second-order valence-corrected chi connectivity index (χ2v) is 8.78. The fraction of sp³-hybridized carbons (Fsp3) is 0.500. The molecule has 2 heterocycles. The normalized spacial score (nSPS) is 12.0. The first-order valence-electron chi connectivity index (χ1n) is 8.14. The molecular weight excluding hydrogens is 338 g/mol. The molecule has 25 heavy (non-hydrogen) atoms. The zero-order valence-corrected chi connectivity index (χ0v) is 16.1. The van der Waals surface area contributed by atoms with Crippen LogP contribution in [0.15, 0.2) is 28.2 Å². The number of thiazole rings is 1. The Labute approximate surface area is 152 Å². The zero-order chi connectivity index (χ0) is 18.7. The third-order valence-electron chi connectivity index (χ3n) is 3.31. The monoisotopic (exact) mass is 363 g/mol. The van der Waals surface area contributed by atoms with Crippen LogP contribution in [0.25, 0.3) is 0 Å². The van der Waals surface area contributed by atoms with Crippen molar-refractivity contribution in [2.45, 2.75) is 53.0 Å². The zero-order valence-electron chi connectivity index (χ0n) is 15.3. The van der Waals surface area contributed by atoms with Gasteiger partial charge in [0.1, 0.15) is 0 Å². The molecule has 2 amide bonds. The Morgan fingerprint density at radius 2 is 1.96 bits per heavy atom. The standard InChI is InChI=1S/C18H25N3O3S/c1-17(2,3)11-18(4,5)21-14(22)9-12-10-25-16(19-12)20-15(23)13-7-6-8-24-13/h6-8,10H,9,11H2,1-5H3,(H,21,22)(H,19,20,23). The summed E-state index contributed by atoms with van der Waals surface area (Å²) in [7, 11) is 0. The maximum atomic E-state index is 12.3. The molecule has 0 aromatic carbocycles. The SMILES string of the molecule is CC(C)(C)CC(C)(C)NC(=O)Cc1csc(NC(=O)c2ccco2)n1. The highest BCUT2D eigenvalue weighted by Gasteiger charge is 2.27. The molecule has 0 saturated carbocycles. The Hall–Kier alpha value is -2.15. The number of hydrogen-bond acceptors (Lipinski definition) is 5. The molecule has 0 bridgehead atoms. The molecular formula is C18H25N3O3S. The van der Waals surface area contributed by atoms with Crippen LogP contribution in [0.2, 0.25) is 0 Å². The van der Waals surface area contributed by atoms with Crippen molar-refractivity contribution in [1.29, 1.82) is 0 Å². The van der Waals surface area contributed by atoms with E-state index >= 15 is 0 Å². The van der Waals surface area contributed by atoms with Crippen molar-refractivity contribution in [3.05, 3.63) is 35.2 Å². The predicted molar refractivity (Wildman–Crippen MR) is 98.8 cm³/mol. The highest BCUT2D eigenvalue weighted by Crippen LogP contribution is 2.27. The maximum Gasteiger partial charge on any atom is 0.293 e. The van der Waals surface area contributed by atoms with Crippen LogP contribution in [0, 0.1) is 5.41 Å². The summed E-state index contributed by atoms with van der Waals surface area (Å²) in [6.07, 6.45) is 2.49. The van der Waals surface area contributed by atoms with E-state index in [1.54, 1.807) is 17.5 Å². The van der Waals surface area contributed by atoms with Crippen molar-refractivity contribution >= 4 is 28.3 Å². The lowest BCUT2D eigenvalue weighted by Crippen LogP contribution is -2.46. The average molecular weight is 363 g/mol. The van der Waals surface area contributed by atoms with Gasteiger partial charge < -0.3 is 9.73 Å². The molecule has 0 unspecified atom stereocenters. The van der Waals surface area contributed by atoms with Gasteiger partial charge in [0.2, 0.25) is 5.91 Å². The summed E-state index contributed by atoms with van der Waals surface area (Å²) in [4.78, 5) is 28.5. The topological polar surface area (TPSA) is 84.2 Å². The number of furan rings is 1. The fourth-order valence-electron chi connectivity index (χ4n) is 2.97. The molecule has 136 valence electrons. The highest BCUT2D eigenvalue weighted by atomic mass is 32.1. The first kappa shape index (κ1) is 19.2. The molecule has 6 nitrogen and oxygen atoms in total. The Bertz CT molecular complexity index is 727. The Kier molecular flexibility index (Phi) is 5.67. The van der Waals surface area contributed by atoms with Gasteiger partial charge in [-0.25, -0.2) is 4.98 Å². The van der Waals surface area contributed by atoms with Gasteiger partial charge in [0, 0.05) is 10.9 Å². The van der Waals surface area contributed by atoms with Crippen LogP contribution >= 0.6 is 11.3 Å². The Balaban J connectivity index is 1.90. The quantitative estimate of drug-likeness (QED) is 0.816. The highest BCUT2D eigenvalue weighted by molar-refractivity contribution is 7.14. The van der Waals surface area contributed by atoms with Gasteiger partial charge in [0.25, 0.3) is 5.91 Å². The van der Waals surface area contributed by atoms with Crippen molar-refractivity contribution in [2.24, 2.45) is 5.41 Å². The van der Waals surface area contributed by atoms with E-state index in [0.29, 0.717) is 10.8 Å². The molecule has 7 heteroatoms. The summed E-state index contributed by atoms with van der Waals surface area (Å²) in [6, 6.07) is 3.22. The summed E-state index contributed by atoms with van der Waals surface area (Å²) in [5.74, 6) is -0.219. The van der Waals surface area contributed by atoms with Crippen LogP contribution in [0.4, 0.5) is 5.13 Å². The van der Waals surface area contributed by atoms with E-state index in [1.807, 2.05) is 13.8 Å². The number of carbonyl (C=O) groups excluding carboxylic acids is 2. The van der Waals surface area contributed by atoms with Crippen LogP contribution in [0.3, 0.4) is 0 Å². The summed E-state index contributed by atoms with van der Waals surface area (Å²) in [5, 5.41) is 7.93. The van der Waals surface area contributed by atoms with Crippen LogP contribution in [0.5, 0.6) is 0 Å². The number of hydrogen-bond donors (Lipinski definition) is 2. The largest absolute Gasteiger partial charge is 0.459 e. The van der Waals surface area contributed by atoms with Gasteiger partial charge in [0.15, 0.2) is 10.9 Å². The van der Waals surface area contributed by atoms with Crippen molar-refractivity contribution in [3.63, 3.8) is 0 Å². The number of carbonyl (C=O) groups is 2. The maximum absolute atomic E-state index is 12.3. The molecule has 2 aromatic rings. The van der Waals surface area contributed by atoms with E-state index in [9.17, 15) is 9.59 Å². The average Bonchev–Trinajstić information content (AvgIpc) is 3.06. The van der Waals surface area contributed by atoms with E-state index in [-0.39, 0.29) is 34.9 Å². The molecule has 0 aliphatic rings. The minimum absolute atomic E-state index is 0.0801. The molecule has 0 atom stereocenters. The molecule has 2 aromatic heterocycles. The van der Waals surface area contributed by atoms with E-state index in [0.717, 1.165) is 6.42 Å². The third-order valence-corrected chi connectivity index (χ3v) is 4.12. The Morgan fingerprint density at radius 3 is 2.56 bits per heavy atom. The molecule has 2 rings (SSSR count). The number of rotatable bonds is 6. The van der Waals surface area contributed by atoms with Crippen molar-refractivity contribution in [3.8, 4) is 0 Å². The van der Waals surface area contributed by atoms with Crippen molar-refractivity contribution in [2.75, 3.05) is 5.32 Å². The first-order valence-corrected chi connectivity index (χ1v) is 9.02. The minimum atomic E-state index is -0.360.